The number of rotatable bonds is 2. The first kappa shape index (κ1) is 19.7. The molecule has 4 rings (SSSR count). The van der Waals surface area contributed by atoms with Crippen LogP contribution in [-0.2, 0) is 17.3 Å². The smallest absolute Gasteiger partial charge is 0.434 e. The van der Waals surface area contributed by atoms with Crippen molar-refractivity contribution < 1.29 is 27.5 Å². The third kappa shape index (κ3) is 4.23. The molecule has 1 aromatic rings. The highest BCUT2D eigenvalue weighted by atomic mass is 19.4. The standard InChI is InChI=1S/C18H22F3N5O3/c19-18(20,21)14-9-22-13(8-23-14)7-12-1-4-25(5-2-12)16(28)26-10-17(11-26)3-6-29-15(27)24-17/h8-9,12H,1-7,10-11H2,(H,24,27). The van der Waals surface area contributed by atoms with Crippen molar-refractivity contribution >= 4 is 12.1 Å². The minimum Gasteiger partial charge on any atom is -0.449 e. The zero-order valence-electron chi connectivity index (χ0n) is 15.7. The molecule has 0 atom stereocenters. The molecule has 0 unspecified atom stereocenters. The van der Waals surface area contributed by atoms with Gasteiger partial charge in [0.05, 0.1) is 24.0 Å². The Morgan fingerprint density at radius 1 is 1.21 bits per heavy atom. The zero-order chi connectivity index (χ0) is 20.6. The van der Waals surface area contributed by atoms with Gasteiger partial charge in [-0.15, -0.1) is 0 Å². The molecule has 0 aromatic carbocycles. The number of amides is 3. The number of ether oxygens (including phenoxy) is 1. The van der Waals surface area contributed by atoms with E-state index in [1.54, 1.807) is 9.80 Å². The second-order valence-corrected chi connectivity index (χ2v) is 7.96. The van der Waals surface area contributed by atoms with Crippen LogP contribution >= 0.6 is 0 Å². The number of alkyl carbamates (subject to hydrolysis) is 1. The lowest BCUT2D eigenvalue weighted by atomic mass is 9.86. The highest BCUT2D eigenvalue weighted by Crippen LogP contribution is 2.30. The fraction of sp³-hybridized carbons (Fsp3) is 0.667. The highest BCUT2D eigenvalue weighted by molar-refractivity contribution is 5.77. The minimum atomic E-state index is -4.49. The van der Waals surface area contributed by atoms with Crippen molar-refractivity contribution in [1.29, 1.82) is 0 Å². The molecule has 1 aromatic heterocycles. The second-order valence-electron chi connectivity index (χ2n) is 7.96. The SMILES string of the molecule is O=C1NC2(CCO1)CN(C(=O)N1CCC(Cc3cnc(C(F)(F)F)cn3)CC1)C2. The highest BCUT2D eigenvalue weighted by Gasteiger charge is 2.49. The Bertz CT molecular complexity index is 772. The van der Waals surface area contributed by atoms with Crippen LogP contribution in [0.25, 0.3) is 0 Å². The zero-order valence-corrected chi connectivity index (χ0v) is 15.7. The number of aromatic nitrogens is 2. The van der Waals surface area contributed by atoms with Crippen LogP contribution in [0.3, 0.4) is 0 Å². The number of cyclic esters (lactones) is 1. The molecular weight excluding hydrogens is 391 g/mol. The summed E-state index contributed by atoms with van der Waals surface area (Å²) in [5.41, 5.74) is -0.817. The van der Waals surface area contributed by atoms with Crippen LogP contribution in [0, 0.1) is 5.92 Å². The van der Waals surface area contributed by atoms with Gasteiger partial charge in [-0.05, 0) is 25.2 Å². The molecular formula is C18H22F3N5O3. The van der Waals surface area contributed by atoms with E-state index in [0.29, 0.717) is 51.3 Å². The van der Waals surface area contributed by atoms with Crippen molar-refractivity contribution in [2.24, 2.45) is 5.92 Å². The second kappa shape index (κ2) is 7.34. The van der Waals surface area contributed by atoms with Gasteiger partial charge in [0.1, 0.15) is 0 Å². The monoisotopic (exact) mass is 413 g/mol. The normalized spacial score (nSPS) is 22.1. The number of carbonyl (C=O) groups is 2. The first-order chi connectivity index (χ1) is 13.7. The number of piperidine rings is 1. The van der Waals surface area contributed by atoms with Gasteiger partial charge in [-0.1, -0.05) is 0 Å². The Balaban J connectivity index is 1.23. The van der Waals surface area contributed by atoms with E-state index >= 15 is 0 Å². The van der Waals surface area contributed by atoms with Crippen molar-refractivity contribution in [3.8, 4) is 0 Å². The van der Waals surface area contributed by atoms with Crippen LogP contribution in [-0.4, -0.2) is 70.2 Å². The molecule has 3 fully saturated rings. The molecule has 0 radical (unpaired) electrons. The number of carbonyl (C=O) groups excluding carboxylic acids is 2. The van der Waals surface area contributed by atoms with Crippen molar-refractivity contribution in [2.75, 3.05) is 32.8 Å². The van der Waals surface area contributed by atoms with Gasteiger partial charge in [0.15, 0.2) is 5.69 Å². The molecule has 3 aliphatic rings. The fourth-order valence-corrected chi connectivity index (χ4v) is 4.14. The molecule has 29 heavy (non-hydrogen) atoms. The summed E-state index contributed by atoms with van der Waals surface area (Å²) in [5, 5.41) is 2.81. The van der Waals surface area contributed by atoms with Gasteiger partial charge in [0.25, 0.3) is 0 Å². The molecule has 0 saturated carbocycles. The Morgan fingerprint density at radius 2 is 1.93 bits per heavy atom. The number of likely N-dealkylation sites (tertiary alicyclic amines) is 2. The number of hydrogen-bond acceptors (Lipinski definition) is 5. The van der Waals surface area contributed by atoms with Gasteiger partial charge in [0.2, 0.25) is 0 Å². The Morgan fingerprint density at radius 3 is 2.52 bits per heavy atom. The molecule has 3 amide bonds. The van der Waals surface area contributed by atoms with Crippen molar-refractivity contribution in [3.63, 3.8) is 0 Å². The number of nitrogens with zero attached hydrogens (tertiary/aromatic N) is 4. The molecule has 3 aliphatic heterocycles. The van der Waals surface area contributed by atoms with E-state index in [4.69, 9.17) is 4.74 Å². The van der Waals surface area contributed by atoms with Crippen molar-refractivity contribution in [2.45, 2.75) is 37.4 Å². The summed E-state index contributed by atoms with van der Waals surface area (Å²) in [6, 6.07) is -0.0378. The Labute approximate surface area is 165 Å². The van der Waals surface area contributed by atoms with E-state index in [0.717, 1.165) is 19.0 Å². The third-order valence-corrected chi connectivity index (χ3v) is 5.82. The minimum absolute atomic E-state index is 0.0378. The van der Waals surface area contributed by atoms with E-state index in [2.05, 4.69) is 15.3 Å². The Kier molecular flexibility index (Phi) is 4.99. The molecule has 0 aliphatic carbocycles. The summed E-state index contributed by atoms with van der Waals surface area (Å²) in [4.78, 5) is 34.9. The molecule has 3 saturated heterocycles. The number of nitrogens with one attached hydrogen (secondary N) is 1. The van der Waals surface area contributed by atoms with E-state index in [1.165, 1.54) is 6.20 Å². The third-order valence-electron chi connectivity index (χ3n) is 5.82. The van der Waals surface area contributed by atoms with E-state index in [9.17, 15) is 22.8 Å². The van der Waals surface area contributed by atoms with Crippen molar-refractivity contribution in [3.05, 3.63) is 23.8 Å². The molecule has 4 heterocycles. The van der Waals surface area contributed by atoms with Gasteiger partial charge in [-0.2, -0.15) is 13.2 Å². The first-order valence-corrected chi connectivity index (χ1v) is 9.61. The van der Waals surface area contributed by atoms with Crippen LogP contribution in [0.5, 0.6) is 0 Å². The van der Waals surface area contributed by atoms with Crippen molar-refractivity contribution in [1.82, 2.24) is 25.1 Å². The number of alkyl halides is 3. The van der Waals surface area contributed by atoms with Crippen LogP contribution in [0.4, 0.5) is 22.8 Å². The molecule has 8 nitrogen and oxygen atoms in total. The summed E-state index contributed by atoms with van der Waals surface area (Å²) < 4.78 is 42.6. The molecule has 158 valence electrons. The molecule has 1 spiro atoms. The van der Waals surface area contributed by atoms with Crippen LogP contribution in [0.15, 0.2) is 12.4 Å². The van der Waals surface area contributed by atoms with E-state index < -0.39 is 18.0 Å². The maximum absolute atomic E-state index is 12.7. The van der Waals surface area contributed by atoms with Gasteiger partial charge in [-0.3, -0.25) is 4.98 Å². The summed E-state index contributed by atoms with van der Waals surface area (Å²) in [5.74, 6) is 0.252. The van der Waals surface area contributed by atoms with Gasteiger partial charge < -0.3 is 19.9 Å². The predicted octanol–water partition coefficient (Wildman–Crippen LogP) is 2.05. The largest absolute Gasteiger partial charge is 0.449 e. The topological polar surface area (TPSA) is 87.7 Å². The van der Waals surface area contributed by atoms with E-state index in [-0.39, 0.29) is 17.5 Å². The molecule has 1 N–H and O–H groups in total. The summed E-state index contributed by atoms with van der Waals surface area (Å²) in [6.07, 6.45) is -0.207. The Hall–Kier alpha value is -2.59. The van der Waals surface area contributed by atoms with Crippen LogP contribution in [0.1, 0.15) is 30.7 Å². The van der Waals surface area contributed by atoms with E-state index in [1.807, 2.05) is 0 Å². The van der Waals surface area contributed by atoms with Crippen LogP contribution < -0.4 is 5.32 Å². The lowest BCUT2D eigenvalue weighted by Crippen LogP contribution is -2.74. The van der Waals surface area contributed by atoms with Gasteiger partial charge in [-0.25, -0.2) is 14.6 Å². The summed E-state index contributed by atoms with van der Waals surface area (Å²) in [7, 11) is 0. The summed E-state index contributed by atoms with van der Waals surface area (Å²) in [6.45, 7) is 2.53. The average molecular weight is 413 g/mol. The van der Waals surface area contributed by atoms with Gasteiger partial charge in [0, 0.05) is 38.8 Å². The lowest BCUT2D eigenvalue weighted by molar-refractivity contribution is -0.141. The fourth-order valence-electron chi connectivity index (χ4n) is 4.14. The lowest BCUT2D eigenvalue weighted by Gasteiger charge is -2.52. The predicted molar refractivity (Wildman–Crippen MR) is 93.8 cm³/mol. The maximum Gasteiger partial charge on any atom is 0.434 e. The van der Waals surface area contributed by atoms with Gasteiger partial charge >= 0.3 is 18.3 Å². The molecule has 11 heteroatoms. The average Bonchev–Trinajstić information content (AvgIpc) is 2.66. The number of urea groups is 1. The maximum atomic E-state index is 12.7. The number of hydrogen-bond donors (Lipinski definition) is 1. The summed E-state index contributed by atoms with van der Waals surface area (Å²) >= 11 is 0. The number of halogens is 3. The van der Waals surface area contributed by atoms with Crippen LogP contribution in [0.2, 0.25) is 0 Å². The first-order valence-electron chi connectivity index (χ1n) is 9.61. The quantitative estimate of drug-likeness (QED) is 0.802. The molecule has 0 bridgehead atoms.